The van der Waals surface area contributed by atoms with E-state index in [2.05, 4.69) is 18.5 Å². The zero-order chi connectivity index (χ0) is 22.4. The Labute approximate surface area is 179 Å². The Morgan fingerprint density at radius 2 is 1.53 bits per heavy atom. The van der Waals surface area contributed by atoms with Crippen molar-refractivity contribution in [3.8, 4) is 0 Å². The average Bonchev–Trinajstić information content (AvgIpc) is 2.80. The summed E-state index contributed by atoms with van der Waals surface area (Å²) >= 11 is 0. The van der Waals surface area contributed by atoms with Gasteiger partial charge in [0.2, 0.25) is 0 Å². The van der Waals surface area contributed by atoms with Crippen LogP contribution in [0.1, 0.15) is 54.1 Å². The first-order valence-electron chi connectivity index (χ1n) is 10.3. The van der Waals surface area contributed by atoms with Gasteiger partial charge in [0.25, 0.3) is 0 Å². The predicted octanol–water partition coefficient (Wildman–Crippen LogP) is 6.46. The molecular formula is C26H32FNO2. The molecular weight excluding hydrogens is 377 g/mol. The fraction of sp³-hybridized carbons (Fsp3) is 0.269. The minimum absolute atomic E-state index is 0.141. The van der Waals surface area contributed by atoms with Gasteiger partial charge >= 0.3 is 5.97 Å². The summed E-state index contributed by atoms with van der Waals surface area (Å²) in [7, 11) is 0. The molecule has 2 N–H and O–H groups in total. The summed E-state index contributed by atoms with van der Waals surface area (Å²) < 4.78 is 12.6. The molecule has 1 fully saturated rings. The number of nitrogens with one attached hydrogen (secondary N) is 1. The van der Waals surface area contributed by atoms with Crippen LogP contribution in [0.2, 0.25) is 0 Å². The summed E-state index contributed by atoms with van der Waals surface area (Å²) in [4.78, 5) is 10.6. The van der Waals surface area contributed by atoms with Crippen molar-refractivity contribution >= 4 is 11.5 Å². The van der Waals surface area contributed by atoms with Crippen LogP contribution in [0.3, 0.4) is 0 Å². The molecule has 0 radical (unpaired) electrons. The summed E-state index contributed by atoms with van der Waals surface area (Å²) in [5.41, 5.74) is 3.40. The number of hydrogen-bond acceptors (Lipinski definition) is 2. The molecule has 0 atom stereocenters. The van der Waals surface area contributed by atoms with E-state index in [0.29, 0.717) is 5.92 Å². The Balaban J connectivity index is 0.000000279. The third-order valence-electron chi connectivity index (χ3n) is 4.66. The number of carboxylic acids is 1. The standard InChI is InChI=1S/C13H12O2.C11H14FN.C2H6/c1-3-5-10(4-2)11-6-8-12(9-7-11)13(14)15;12-11-3-1-9(2-4-11)10-5-7-13-8-6-10;1-2/h3-9H,1-2H2,(H,14,15);1-4,10,13H,5-8H2;1-2H3/b10-5+;;. The number of aromatic carboxylic acids is 1. The number of carbonyl (C=O) groups is 1. The Bertz CT molecular complexity index is 817. The summed E-state index contributed by atoms with van der Waals surface area (Å²) in [6.45, 7) is 13.5. The molecule has 4 heteroatoms. The molecule has 2 aromatic carbocycles. The van der Waals surface area contributed by atoms with E-state index in [1.54, 1.807) is 48.6 Å². The zero-order valence-corrected chi connectivity index (χ0v) is 17.9. The SMILES string of the molecule is C=C/C=C(\C=C)c1ccc(C(=O)O)cc1.CC.Fc1ccc(C2CCNCC2)cc1. The summed E-state index contributed by atoms with van der Waals surface area (Å²) in [5, 5.41) is 12.0. The maximum absolute atomic E-state index is 12.6. The number of hydrogen-bond donors (Lipinski definition) is 2. The fourth-order valence-corrected chi connectivity index (χ4v) is 3.10. The van der Waals surface area contributed by atoms with E-state index in [1.807, 2.05) is 32.1 Å². The largest absolute Gasteiger partial charge is 0.478 e. The molecule has 30 heavy (non-hydrogen) atoms. The predicted molar refractivity (Wildman–Crippen MR) is 124 cm³/mol. The van der Waals surface area contributed by atoms with Crippen LogP contribution in [0.4, 0.5) is 4.39 Å². The fourth-order valence-electron chi connectivity index (χ4n) is 3.10. The van der Waals surface area contributed by atoms with Crippen molar-refractivity contribution in [2.24, 2.45) is 0 Å². The lowest BCUT2D eigenvalue weighted by molar-refractivity contribution is 0.0697. The highest BCUT2D eigenvalue weighted by Crippen LogP contribution is 2.24. The lowest BCUT2D eigenvalue weighted by atomic mass is 9.90. The highest BCUT2D eigenvalue weighted by molar-refractivity contribution is 5.88. The van der Waals surface area contributed by atoms with Crippen LogP contribution in [-0.2, 0) is 0 Å². The topological polar surface area (TPSA) is 49.3 Å². The second-order valence-electron chi connectivity index (χ2n) is 6.52. The average molecular weight is 410 g/mol. The van der Waals surface area contributed by atoms with E-state index in [-0.39, 0.29) is 11.4 Å². The van der Waals surface area contributed by atoms with Gasteiger partial charge < -0.3 is 10.4 Å². The van der Waals surface area contributed by atoms with Crippen molar-refractivity contribution in [1.29, 1.82) is 0 Å². The first-order valence-corrected chi connectivity index (χ1v) is 10.3. The monoisotopic (exact) mass is 409 g/mol. The maximum Gasteiger partial charge on any atom is 0.335 e. The smallest absolute Gasteiger partial charge is 0.335 e. The number of allylic oxidation sites excluding steroid dienone is 4. The maximum atomic E-state index is 12.6. The molecule has 3 nitrogen and oxygen atoms in total. The van der Waals surface area contributed by atoms with Gasteiger partial charge in [-0.05, 0) is 72.8 Å². The van der Waals surface area contributed by atoms with Gasteiger partial charge in [-0.1, -0.05) is 69.5 Å². The summed E-state index contributed by atoms with van der Waals surface area (Å²) in [6, 6.07) is 13.6. The first kappa shape index (κ1) is 25.1. The van der Waals surface area contributed by atoms with Crippen LogP contribution in [0.15, 0.2) is 79.9 Å². The van der Waals surface area contributed by atoms with Crippen molar-refractivity contribution in [1.82, 2.24) is 5.32 Å². The molecule has 1 saturated heterocycles. The van der Waals surface area contributed by atoms with Gasteiger partial charge in [0.1, 0.15) is 5.82 Å². The summed E-state index contributed by atoms with van der Waals surface area (Å²) in [5.74, 6) is -0.436. The van der Waals surface area contributed by atoms with Crippen molar-refractivity contribution in [3.63, 3.8) is 0 Å². The number of piperidine rings is 1. The van der Waals surface area contributed by atoms with Gasteiger partial charge in [-0.25, -0.2) is 9.18 Å². The molecule has 0 amide bonds. The second kappa shape index (κ2) is 14.1. The number of halogens is 1. The van der Waals surface area contributed by atoms with Crippen LogP contribution >= 0.6 is 0 Å². The molecule has 1 aliphatic heterocycles. The highest BCUT2D eigenvalue weighted by Gasteiger charge is 2.14. The molecule has 2 aromatic rings. The van der Waals surface area contributed by atoms with Crippen LogP contribution < -0.4 is 5.32 Å². The van der Waals surface area contributed by atoms with Crippen molar-refractivity contribution < 1.29 is 14.3 Å². The quantitative estimate of drug-likeness (QED) is 0.557. The van der Waals surface area contributed by atoms with Gasteiger partial charge in [0.05, 0.1) is 5.56 Å². The summed E-state index contributed by atoms with van der Waals surface area (Å²) in [6.07, 6.45) is 7.54. The van der Waals surface area contributed by atoms with Crippen LogP contribution in [-0.4, -0.2) is 24.2 Å². The van der Waals surface area contributed by atoms with E-state index in [0.717, 1.165) is 24.2 Å². The Kier molecular flexibility index (Phi) is 11.8. The van der Waals surface area contributed by atoms with Crippen molar-refractivity contribution in [2.75, 3.05) is 13.1 Å². The molecule has 0 spiro atoms. The third kappa shape index (κ3) is 8.18. The number of benzene rings is 2. The van der Waals surface area contributed by atoms with E-state index in [9.17, 15) is 9.18 Å². The molecule has 160 valence electrons. The molecule has 0 aromatic heterocycles. The third-order valence-corrected chi connectivity index (χ3v) is 4.66. The van der Waals surface area contributed by atoms with Crippen LogP contribution in [0, 0.1) is 5.82 Å². The van der Waals surface area contributed by atoms with Gasteiger partial charge in [-0.2, -0.15) is 0 Å². The normalized spacial score (nSPS) is 13.8. The van der Waals surface area contributed by atoms with Gasteiger partial charge in [-0.15, -0.1) is 0 Å². The lowest BCUT2D eigenvalue weighted by Gasteiger charge is -2.22. The van der Waals surface area contributed by atoms with E-state index < -0.39 is 5.97 Å². The molecule has 0 bridgehead atoms. The Hall–Kier alpha value is -2.98. The van der Waals surface area contributed by atoms with Gasteiger partial charge in [-0.3, -0.25) is 0 Å². The minimum atomic E-state index is -0.922. The van der Waals surface area contributed by atoms with Crippen LogP contribution in [0.25, 0.3) is 5.57 Å². The van der Waals surface area contributed by atoms with Gasteiger partial charge in [0, 0.05) is 0 Å². The number of rotatable bonds is 5. The van der Waals surface area contributed by atoms with Gasteiger partial charge in [0.15, 0.2) is 0 Å². The highest BCUT2D eigenvalue weighted by atomic mass is 19.1. The number of carboxylic acid groups (broad SMARTS) is 1. The Morgan fingerprint density at radius 1 is 1.00 bits per heavy atom. The van der Waals surface area contributed by atoms with Crippen molar-refractivity contribution in [3.05, 3.63) is 102 Å². The molecule has 3 rings (SSSR count). The second-order valence-corrected chi connectivity index (χ2v) is 6.52. The van der Waals surface area contributed by atoms with E-state index >= 15 is 0 Å². The Morgan fingerprint density at radius 3 is 2.00 bits per heavy atom. The van der Waals surface area contributed by atoms with E-state index in [4.69, 9.17) is 5.11 Å². The minimum Gasteiger partial charge on any atom is -0.478 e. The molecule has 0 unspecified atom stereocenters. The lowest BCUT2D eigenvalue weighted by Crippen LogP contribution is -2.26. The molecule has 0 aliphatic carbocycles. The molecule has 0 saturated carbocycles. The zero-order valence-electron chi connectivity index (χ0n) is 17.9. The van der Waals surface area contributed by atoms with Crippen LogP contribution in [0.5, 0.6) is 0 Å². The molecule has 1 heterocycles. The molecule has 1 aliphatic rings. The first-order chi connectivity index (χ1) is 14.5. The van der Waals surface area contributed by atoms with Crippen molar-refractivity contribution in [2.45, 2.75) is 32.6 Å². The van der Waals surface area contributed by atoms with E-state index in [1.165, 1.54) is 18.4 Å².